The number of H-pyrrole nitrogens is 1. The lowest BCUT2D eigenvalue weighted by Gasteiger charge is -2.25. The van der Waals surface area contributed by atoms with Crippen LogP contribution >= 0.6 is 0 Å². The number of aliphatic hydroxyl groups is 1. The molecule has 1 atom stereocenters. The molecule has 1 fully saturated rings. The number of aromatic amines is 1. The molecule has 1 unspecified atom stereocenters. The van der Waals surface area contributed by atoms with Gasteiger partial charge < -0.3 is 9.84 Å². The summed E-state index contributed by atoms with van der Waals surface area (Å²) in [4.78, 5) is 2.14. The van der Waals surface area contributed by atoms with Gasteiger partial charge in [0.25, 0.3) is 0 Å². The number of aromatic nitrogens is 2. The zero-order valence-corrected chi connectivity index (χ0v) is 13.8. The van der Waals surface area contributed by atoms with Crippen LogP contribution in [0, 0.1) is 0 Å². The Labute approximate surface area is 143 Å². The van der Waals surface area contributed by atoms with Crippen LogP contribution in [-0.2, 0) is 17.5 Å². The molecule has 25 heavy (non-hydrogen) atoms. The van der Waals surface area contributed by atoms with Crippen LogP contribution in [-0.4, -0.2) is 52.6 Å². The SMILES string of the molecule is COC1(CO)CCN(Cc2cn[nH]c2-c2ccc(C(F)(F)F)cc2)C1. The van der Waals surface area contributed by atoms with E-state index in [4.69, 9.17) is 4.74 Å². The predicted octanol–water partition coefficient (Wildman–Crippen LogP) is 2.68. The van der Waals surface area contributed by atoms with Crippen molar-refractivity contribution in [2.45, 2.75) is 24.7 Å². The van der Waals surface area contributed by atoms with Crippen molar-refractivity contribution in [3.8, 4) is 11.3 Å². The molecule has 0 spiro atoms. The van der Waals surface area contributed by atoms with Crippen LogP contribution in [0.5, 0.6) is 0 Å². The van der Waals surface area contributed by atoms with E-state index in [0.717, 1.165) is 30.7 Å². The van der Waals surface area contributed by atoms with Gasteiger partial charge in [-0.1, -0.05) is 12.1 Å². The monoisotopic (exact) mass is 355 g/mol. The van der Waals surface area contributed by atoms with Crippen molar-refractivity contribution in [3.63, 3.8) is 0 Å². The molecule has 1 saturated heterocycles. The molecule has 2 heterocycles. The molecule has 2 N–H and O–H groups in total. The first-order valence-corrected chi connectivity index (χ1v) is 7.95. The Balaban J connectivity index is 1.75. The minimum absolute atomic E-state index is 0.0445. The van der Waals surface area contributed by atoms with Crippen LogP contribution in [0.3, 0.4) is 0 Å². The average Bonchev–Trinajstić information content (AvgIpc) is 3.22. The van der Waals surface area contributed by atoms with E-state index in [0.29, 0.717) is 24.3 Å². The van der Waals surface area contributed by atoms with E-state index in [1.54, 1.807) is 13.3 Å². The maximum Gasteiger partial charge on any atom is 0.416 e. The number of aliphatic hydroxyl groups excluding tert-OH is 1. The summed E-state index contributed by atoms with van der Waals surface area (Å²) in [6, 6.07) is 5.02. The van der Waals surface area contributed by atoms with E-state index in [1.807, 2.05) is 0 Å². The molecule has 136 valence electrons. The molecule has 0 bridgehead atoms. The van der Waals surface area contributed by atoms with Crippen molar-refractivity contribution in [3.05, 3.63) is 41.6 Å². The molecule has 0 saturated carbocycles. The summed E-state index contributed by atoms with van der Waals surface area (Å²) in [5, 5.41) is 16.4. The second-order valence-electron chi connectivity index (χ2n) is 6.35. The Bertz CT molecular complexity index is 709. The van der Waals surface area contributed by atoms with Crippen molar-refractivity contribution < 1.29 is 23.0 Å². The Morgan fingerprint density at radius 2 is 2.04 bits per heavy atom. The minimum Gasteiger partial charge on any atom is -0.393 e. The maximum absolute atomic E-state index is 12.7. The molecule has 0 radical (unpaired) electrons. The fourth-order valence-electron chi connectivity index (χ4n) is 3.17. The lowest BCUT2D eigenvalue weighted by atomic mass is 10.0. The van der Waals surface area contributed by atoms with Crippen LogP contribution in [0.2, 0.25) is 0 Å². The summed E-state index contributed by atoms with van der Waals surface area (Å²) in [6.45, 7) is 1.90. The predicted molar refractivity (Wildman–Crippen MR) is 85.7 cm³/mol. The highest BCUT2D eigenvalue weighted by molar-refractivity contribution is 5.63. The third-order valence-electron chi connectivity index (χ3n) is 4.73. The second kappa shape index (κ2) is 6.78. The van der Waals surface area contributed by atoms with Gasteiger partial charge in [0.1, 0.15) is 5.60 Å². The average molecular weight is 355 g/mol. The van der Waals surface area contributed by atoms with Crippen LogP contribution in [0.4, 0.5) is 13.2 Å². The van der Waals surface area contributed by atoms with Crippen molar-refractivity contribution in [2.75, 3.05) is 26.8 Å². The summed E-state index contributed by atoms with van der Waals surface area (Å²) in [5.41, 5.74) is 1.03. The van der Waals surface area contributed by atoms with E-state index in [1.165, 1.54) is 12.1 Å². The summed E-state index contributed by atoms with van der Waals surface area (Å²) < 4.78 is 43.5. The summed E-state index contributed by atoms with van der Waals surface area (Å²) in [5.74, 6) is 0. The first kappa shape index (κ1) is 17.9. The van der Waals surface area contributed by atoms with Crippen LogP contribution in [0.1, 0.15) is 17.5 Å². The molecule has 8 heteroatoms. The van der Waals surface area contributed by atoms with Gasteiger partial charge in [0.05, 0.1) is 24.1 Å². The molecule has 5 nitrogen and oxygen atoms in total. The second-order valence-corrected chi connectivity index (χ2v) is 6.35. The number of hydrogen-bond donors (Lipinski definition) is 2. The Hall–Kier alpha value is -1.90. The number of nitrogens with zero attached hydrogens (tertiary/aromatic N) is 2. The minimum atomic E-state index is -4.35. The van der Waals surface area contributed by atoms with Gasteiger partial charge in [0, 0.05) is 32.3 Å². The number of likely N-dealkylation sites (tertiary alicyclic amines) is 1. The lowest BCUT2D eigenvalue weighted by Crippen LogP contribution is -2.38. The van der Waals surface area contributed by atoms with E-state index >= 15 is 0 Å². The van der Waals surface area contributed by atoms with E-state index in [2.05, 4.69) is 15.1 Å². The van der Waals surface area contributed by atoms with Gasteiger partial charge in [-0.3, -0.25) is 10.00 Å². The van der Waals surface area contributed by atoms with Gasteiger partial charge in [-0.05, 0) is 24.1 Å². The maximum atomic E-state index is 12.7. The Kier molecular flexibility index (Phi) is 4.86. The number of alkyl halides is 3. The van der Waals surface area contributed by atoms with E-state index in [-0.39, 0.29) is 6.61 Å². The molecule has 0 aliphatic carbocycles. The van der Waals surface area contributed by atoms with Crippen molar-refractivity contribution in [1.29, 1.82) is 0 Å². The molecule has 2 aromatic rings. The number of halogens is 3. The van der Waals surface area contributed by atoms with Gasteiger partial charge in [-0.2, -0.15) is 18.3 Å². The molecule has 1 aromatic carbocycles. The molecule has 1 aliphatic rings. The zero-order chi connectivity index (χ0) is 18.1. The number of ether oxygens (including phenoxy) is 1. The standard InChI is InChI=1S/C17H20F3N3O2/c1-25-16(11-24)6-7-23(10-16)9-13-8-21-22-15(13)12-2-4-14(5-3-12)17(18,19)20/h2-5,8,24H,6-7,9-11H2,1H3,(H,21,22). The van der Waals surface area contributed by atoms with Crippen molar-refractivity contribution in [2.24, 2.45) is 0 Å². The number of rotatable bonds is 5. The largest absolute Gasteiger partial charge is 0.416 e. The quantitative estimate of drug-likeness (QED) is 0.866. The van der Waals surface area contributed by atoms with Gasteiger partial charge in [0.15, 0.2) is 0 Å². The Morgan fingerprint density at radius 3 is 2.60 bits per heavy atom. The number of nitrogens with one attached hydrogen (secondary N) is 1. The summed E-state index contributed by atoms with van der Waals surface area (Å²) >= 11 is 0. The van der Waals surface area contributed by atoms with Crippen LogP contribution in [0.15, 0.2) is 30.5 Å². The normalized spacial score (nSPS) is 21.8. The Morgan fingerprint density at radius 1 is 1.32 bits per heavy atom. The first-order chi connectivity index (χ1) is 11.9. The van der Waals surface area contributed by atoms with Gasteiger partial charge in [-0.15, -0.1) is 0 Å². The third-order valence-corrected chi connectivity index (χ3v) is 4.73. The molecule has 1 aromatic heterocycles. The van der Waals surface area contributed by atoms with Gasteiger partial charge >= 0.3 is 6.18 Å². The topological polar surface area (TPSA) is 61.4 Å². The first-order valence-electron chi connectivity index (χ1n) is 7.95. The third kappa shape index (κ3) is 3.70. The fourth-order valence-corrected chi connectivity index (χ4v) is 3.17. The van der Waals surface area contributed by atoms with Crippen molar-refractivity contribution >= 4 is 0 Å². The highest BCUT2D eigenvalue weighted by atomic mass is 19.4. The van der Waals surface area contributed by atoms with Crippen molar-refractivity contribution in [1.82, 2.24) is 15.1 Å². The summed E-state index contributed by atoms with van der Waals surface area (Å²) in [7, 11) is 1.59. The molecular formula is C17H20F3N3O2. The van der Waals surface area contributed by atoms with Gasteiger partial charge in [0.2, 0.25) is 0 Å². The highest BCUT2D eigenvalue weighted by Gasteiger charge is 2.38. The highest BCUT2D eigenvalue weighted by Crippen LogP contribution is 2.32. The summed E-state index contributed by atoms with van der Waals surface area (Å²) in [6.07, 6.45) is -1.94. The molecule has 1 aliphatic heterocycles. The fraction of sp³-hybridized carbons (Fsp3) is 0.471. The lowest BCUT2D eigenvalue weighted by molar-refractivity contribution is -0.137. The molecular weight excluding hydrogens is 335 g/mol. The van der Waals surface area contributed by atoms with E-state index < -0.39 is 17.3 Å². The van der Waals surface area contributed by atoms with E-state index in [9.17, 15) is 18.3 Å². The molecule has 0 amide bonds. The smallest absolute Gasteiger partial charge is 0.393 e. The number of hydrogen-bond acceptors (Lipinski definition) is 4. The molecule has 3 rings (SSSR count). The zero-order valence-electron chi connectivity index (χ0n) is 13.8. The number of methoxy groups -OCH3 is 1. The number of benzene rings is 1. The van der Waals surface area contributed by atoms with Gasteiger partial charge in [-0.25, -0.2) is 0 Å². The van der Waals surface area contributed by atoms with Crippen LogP contribution < -0.4 is 0 Å². The van der Waals surface area contributed by atoms with Crippen LogP contribution in [0.25, 0.3) is 11.3 Å².